The van der Waals surface area contributed by atoms with Crippen LogP contribution in [-0.4, -0.2) is 11.8 Å². The van der Waals surface area contributed by atoms with Gasteiger partial charge in [-0.3, -0.25) is 4.79 Å². The largest absolute Gasteiger partial charge is 0.324 e. The first-order chi connectivity index (χ1) is 8.49. The second-order valence-electron chi connectivity index (χ2n) is 4.36. The molecular formula is C13H12BrF2NO. The third-order valence-electron chi connectivity index (χ3n) is 3.02. The third-order valence-corrected chi connectivity index (χ3v) is 3.63. The van der Waals surface area contributed by atoms with Crippen LogP contribution >= 0.6 is 15.9 Å². The van der Waals surface area contributed by atoms with E-state index in [1.165, 1.54) is 6.07 Å². The van der Waals surface area contributed by atoms with Crippen LogP contribution in [0.2, 0.25) is 0 Å². The summed E-state index contributed by atoms with van der Waals surface area (Å²) in [6.45, 7) is 0. The van der Waals surface area contributed by atoms with Crippen molar-refractivity contribution < 1.29 is 13.6 Å². The molecule has 0 radical (unpaired) electrons. The van der Waals surface area contributed by atoms with Gasteiger partial charge in [0.05, 0.1) is 4.47 Å². The number of rotatable bonds is 3. The molecule has 2 rings (SSSR count). The van der Waals surface area contributed by atoms with E-state index in [1.54, 1.807) is 12.2 Å². The van der Waals surface area contributed by atoms with Crippen molar-refractivity contribution in [3.05, 3.63) is 46.0 Å². The second-order valence-corrected chi connectivity index (χ2v) is 5.21. The van der Waals surface area contributed by atoms with Gasteiger partial charge in [-0.1, -0.05) is 12.2 Å². The molecule has 1 aliphatic rings. The van der Waals surface area contributed by atoms with Crippen molar-refractivity contribution in [3.63, 3.8) is 0 Å². The molecule has 1 aliphatic carbocycles. The van der Waals surface area contributed by atoms with E-state index in [-0.39, 0.29) is 34.2 Å². The number of nitrogens with two attached hydrogens (primary N) is 1. The topological polar surface area (TPSA) is 43.1 Å². The summed E-state index contributed by atoms with van der Waals surface area (Å²) in [5.74, 6) is -1.96. The fraction of sp³-hybridized carbons (Fsp3) is 0.308. The lowest BCUT2D eigenvalue weighted by atomic mass is 9.96. The first kappa shape index (κ1) is 13.4. The van der Waals surface area contributed by atoms with Gasteiger partial charge in [-0.05, 0) is 34.5 Å². The van der Waals surface area contributed by atoms with Gasteiger partial charge in [-0.25, -0.2) is 8.78 Å². The highest BCUT2D eigenvalue weighted by Crippen LogP contribution is 2.25. The number of hydrogen-bond acceptors (Lipinski definition) is 2. The molecule has 0 spiro atoms. The maximum absolute atomic E-state index is 13.7. The van der Waals surface area contributed by atoms with Crippen LogP contribution in [0.1, 0.15) is 12.0 Å². The molecule has 2 N–H and O–H groups in total. The van der Waals surface area contributed by atoms with Gasteiger partial charge < -0.3 is 5.73 Å². The molecular weight excluding hydrogens is 304 g/mol. The average molecular weight is 316 g/mol. The van der Waals surface area contributed by atoms with Gasteiger partial charge in [0.1, 0.15) is 17.4 Å². The smallest absolute Gasteiger partial charge is 0.144 e. The molecule has 0 saturated carbocycles. The fourth-order valence-corrected chi connectivity index (χ4v) is 2.37. The molecule has 5 heteroatoms. The maximum Gasteiger partial charge on any atom is 0.144 e. The summed E-state index contributed by atoms with van der Waals surface area (Å²) >= 11 is 2.98. The number of benzene rings is 1. The number of carbonyl (C=O) groups is 1. The van der Waals surface area contributed by atoms with Gasteiger partial charge in [-0.15, -0.1) is 0 Å². The number of halogens is 3. The Labute approximate surface area is 112 Å². The van der Waals surface area contributed by atoms with Crippen LogP contribution in [0, 0.1) is 17.6 Å². The van der Waals surface area contributed by atoms with Gasteiger partial charge in [0, 0.05) is 23.9 Å². The summed E-state index contributed by atoms with van der Waals surface area (Å²) in [6, 6.07) is 2.28. The van der Waals surface area contributed by atoms with Gasteiger partial charge in [0.25, 0.3) is 0 Å². The Hall–Kier alpha value is -1.07. The molecule has 96 valence electrons. The average Bonchev–Trinajstić information content (AvgIpc) is 2.76. The Kier molecular flexibility index (Phi) is 3.92. The zero-order chi connectivity index (χ0) is 13.3. The molecule has 0 saturated heterocycles. The Morgan fingerprint density at radius 1 is 1.39 bits per heavy atom. The predicted octanol–water partition coefficient (Wildman–Crippen LogP) is 2.74. The lowest BCUT2D eigenvalue weighted by Crippen LogP contribution is -2.20. The van der Waals surface area contributed by atoms with E-state index >= 15 is 0 Å². The minimum atomic E-state index is -0.713. The summed E-state index contributed by atoms with van der Waals surface area (Å²) in [4.78, 5) is 11.9. The normalized spacial score (nSPS) is 22.4. The van der Waals surface area contributed by atoms with Crippen molar-refractivity contribution >= 4 is 21.7 Å². The van der Waals surface area contributed by atoms with Crippen LogP contribution in [0.25, 0.3) is 0 Å². The van der Waals surface area contributed by atoms with Gasteiger partial charge >= 0.3 is 0 Å². The molecule has 0 fully saturated rings. The Balaban J connectivity index is 2.17. The molecule has 0 heterocycles. The van der Waals surface area contributed by atoms with E-state index in [9.17, 15) is 13.6 Å². The van der Waals surface area contributed by atoms with Crippen molar-refractivity contribution in [2.75, 3.05) is 0 Å². The van der Waals surface area contributed by atoms with Crippen LogP contribution in [0.3, 0.4) is 0 Å². The van der Waals surface area contributed by atoms with Gasteiger partial charge in [-0.2, -0.15) is 0 Å². The zero-order valence-corrected chi connectivity index (χ0v) is 11.1. The minimum Gasteiger partial charge on any atom is -0.324 e. The molecule has 18 heavy (non-hydrogen) atoms. The van der Waals surface area contributed by atoms with Gasteiger partial charge in [0.15, 0.2) is 0 Å². The van der Waals surface area contributed by atoms with Crippen LogP contribution in [0.15, 0.2) is 28.8 Å². The SMILES string of the molecule is NC1C=CC(C(=O)Cc2c(F)ccc(Br)c2F)C1. The summed E-state index contributed by atoms with van der Waals surface area (Å²) < 4.78 is 27.4. The monoisotopic (exact) mass is 315 g/mol. The highest BCUT2D eigenvalue weighted by Gasteiger charge is 2.25. The number of allylic oxidation sites excluding steroid dienone is 1. The maximum atomic E-state index is 13.7. The predicted molar refractivity (Wildman–Crippen MR) is 68.0 cm³/mol. The minimum absolute atomic E-state index is 0.142. The van der Waals surface area contributed by atoms with Crippen LogP contribution < -0.4 is 5.73 Å². The quantitative estimate of drug-likeness (QED) is 0.688. The Bertz CT molecular complexity index is 516. The number of hydrogen-bond donors (Lipinski definition) is 1. The molecule has 0 amide bonds. The van der Waals surface area contributed by atoms with E-state index < -0.39 is 11.6 Å². The standard InChI is InChI=1S/C13H12BrF2NO/c14-10-3-4-11(15)9(13(10)16)6-12(18)7-1-2-8(17)5-7/h1-4,7-8H,5-6,17H2. The van der Waals surface area contributed by atoms with Crippen molar-refractivity contribution in [1.82, 2.24) is 0 Å². The highest BCUT2D eigenvalue weighted by molar-refractivity contribution is 9.10. The molecule has 0 bridgehead atoms. The zero-order valence-electron chi connectivity index (χ0n) is 9.50. The number of Topliss-reactive ketones (excluding diaryl/α,β-unsaturated/α-hetero) is 1. The molecule has 2 atom stereocenters. The second kappa shape index (κ2) is 5.28. The van der Waals surface area contributed by atoms with Crippen molar-refractivity contribution in [2.45, 2.75) is 18.9 Å². The van der Waals surface area contributed by atoms with E-state index in [0.717, 1.165) is 6.07 Å². The van der Waals surface area contributed by atoms with Crippen molar-refractivity contribution in [3.8, 4) is 0 Å². The molecule has 2 unspecified atom stereocenters. The van der Waals surface area contributed by atoms with Crippen LogP contribution in [-0.2, 0) is 11.2 Å². The summed E-state index contributed by atoms with van der Waals surface area (Å²) in [5.41, 5.74) is 5.45. The molecule has 1 aromatic carbocycles. The first-order valence-electron chi connectivity index (χ1n) is 5.58. The first-order valence-corrected chi connectivity index (χ1v) is 6.37. The Morgan fingerprint density at radius 3 is 2.72 bits per heavy atom. The summed E-state index contributed by atoms with van der Waals surface area (Å²) in [6.07, 6.45) is 3.71. The molecule has 0 aromatic heterocycles. The highest BCUT2D eigenvalue weighted by atomic mass is 79.9. The summed E-state index contributed by atoms with van der Waals surface area (Å²) in [5, 5.41) is 0. The van der Waals surface area contributed by atoms with Gasteiger partial charge in [0.2, 0.25) is 0 Å². The van der Waals surface area contributed by atoms with E-state index in [1.807, 2.05) is 0 Å². The molecule has 2 nitrogen and oxygen atoms in total. The fourth-order valence-electron chi connectivity index (χ4n) is 2.00. The lowest BCUT2D eigenvalue weighted by Gasteiger charge is -2.10. The molecule has 0 aliphatic heterocycles. The third kappa shape index (κ3) is 2.67. The van der Waals surface area contributed by atoms with E-state index in [2.05, 4.69) is 15.9 Å². The van der Waals surface area contributed by atoms with E-state index in [0.29, 0.717) is 6.42 Å². The summed E-state index contributed by atoms with van der Waals surface area (Å²) in [7, 11) is 0. The number of ketones is 1. The van der Waals surface area contributed by atoms with E-state index in [4.69, 9.17) is 5.73 Å². The molecule has 1 aromatic rings. The van der Waals surface area contributed by atoms with Crippen molar-refractivity contribution in [2.24, 2.45) is 11.7 Å². The lowest BCUT2D eigenvalue weighted by molar-refractivity contribution is -0.121. The van der Waals surface area contributed by atoms with Crippen LogP contribution in [0.5, 0.6) is 0 Å². The van der Waals surface area contributed by atoms with Crippen molar-refractivity contribution in [1.29, 1.82) is 0 Å². The van der Waals surface area contributed by atoms with Crippen LogP contribution in [0.4, 0.5) is 8.78 Å². The number of carbonyl (C=O) groups excluding carboxylic acids is 1. The Morgan fingerprint density at radius 2 is 2.11 bits per heavy atom.